The van der Waals surface area contributed by atoms with Crippen LogP contribution in [0.5, 0.6) is 0 Å². The third kappa shape index (κ3) is 3.43. The fourth-order valence-corrected chi connectivity index (χ4v) is 4.40. The van der Waals surface area contributed by atoms with E-state index in [0.29, 0.717) is 15.2 Å². The maximum atomic E-state index is 12.6. The lowest BCUT2D eigenvalue weighted by Crippen LogP contribution is -2.35. The highest BCUT2D eigenvalue weighted by molar-refractivity contribution is 8.26. The largest absolute Gasteiger partial charge is 0.318 e. The summed E-state index contributed by atoms with van der Waals surface area (Å²) < 4.78 is 2.03. The Balaban J connectivity index is 1.76. The third-order valence-corrected chi connectivity index (χ3v) is 6.52. The van der Waals surface area contributed by atoms with Crippen LogP contribution in [0.25, 0.3) is 11.8 Å². The maximum absolute atomic E-state index is 12.6. The van der Waals surface area contributed by atoms with Gasteiger partial charge in [-0.15, -0.1) is 0 Å². The highest BCUT2D eigenvalue weighted by Crippen LogP contribution is 2.31. The number of aryl methyl sites for hydroxylation is 1. The van der Waals surface area contributed by atoms with Gasteiger partial charge >= 0.3 is 0 Å². The number of hydrogen-bond donors (Lipinski definition) is 1. The Hall–Kier alpha value is -2.35. The van der Waals surface area contributed by atoms with E-state index in [1.165, 1.54) is 16.8 Å². The number of nitrogens with one attached hydrogen (secondary N) is 1. The lowest BCUT2D eigenvalue weighted by atomic mass is 10.1. The second kappa shape index (κ2) is 7.48. The van der Waals surface area contributed by atoms with Crippen LogP contribution in [0.4, 0.5) is 0 Å². The molecule has 3 heterocycles. The molecule has 1 aromatic heterocycles. The average Bonchev–Trinajstić information content (AvgIpc) is 3.21. The topological polar surface area (TPSA) is 73.8 Å². The Morgan fingerprint density at radius 3 is 2.66 bits per heavy atom. The maximum Gasteiger partial charge on any atom is 0.283 e. The van der Waals surface area contributed by atoms with Crippen LogP contribution in [0.3, 0.4) is 0 Å². The van der Waals surface area contributed by atoms with Gasteiger partial charge in [0.15, 0.2) is 5.84 Å². The summed E-state index contributed by atoms with van der Waals surface area (Å²) in [4.78, 5) is 16.7. The number of hydrazone groups is 1. The van der Waals surface area contributed by atoms with E-state index in [2.05, 4.69) is 10.1 Å². The van der Waals surface area contributed by atoms with Crippen molar-refractivity contribution in [3.05, 3.63) is 56.8 Å². The zero-order chi connectivity index (χ0) is 20.9. The number of amides is 1. The normalized spacial score (nSPS) is 17.7. The van der Waals surface area contributed by atoms with Crippen LogP contribution in [0.15, 0.2) is 39.9 Å². The van der Waals surface area contributed by atoms with Crippen LogP contribution in [-0.2, 0) is 4.79 Å². The van der Waals surface area contributed by atoms with E-state index < -0.39 is 5.91 Å². The number of hydrogen-bond acceptors (Lipinski definition) is 4. The summed E-state index contributed by atoms with van der Waals surface area (Å²) in [5.41, 5.74) is 3.79. The number of nitrogens with zero attached hydrogens (tertiary/aromatic N) is 4. The smallest absolute Gasteiger partial charge is 0.283 e. The van der Waals surface area contributed by atoms with Gasteiger partial charge < -0.3 is 4.57 Å². The molecule has 0 spiro atoms. The molecular weight excluding hydrogens is 429 g/mol. The third-order valence-electron chi connectivity index (χ3n) is 4.73. The minimum Gasteiger partial charge on any atom is -0.318 e. The van der Waals surface area contributed by atoms with Gasteiger partial charge in [0, 0.05) is 17.1 Å². The molecule has 0 saturated heterocycles. The van der Waals surface area contributed by atoms with Gasteiger partial charge in [-0.1, -0.05) is 30.1 Å². The molecule has 0 bridgehead atoms. The molecule has 0 unspecified atom stereocenters. The lowest BCUT2D eigenvalue weighted by molar-refractivity contribution is -0.114. The molecule has 0 atom stereocenters. The molecule has 29 heavy (non-hydrogen) atoms. The molecule has 0 saturated carbocycles. The van der Waals surface area contributed by atoms with Crippen molar-refractivity contribution in [1.82, 2.24) is 9.58 Å². The van der Waals surface area contributed by atoms with E-state index >= 15 is 0 Å². The number of aromatic nitrogens is 1. The van der Waals surface area contributed by atoms with Crippen molar-refractivity contribution >= 4 is 63.0 Å². The molecule has 0 aliphatic carbocycles. The molecule has 2 aliphatic heterocycles. The van der Waals surface area contributed by atoms with Crippen LogP contribution in [0.1, 0.15) is 30.3 Å². The standard InChI is InChI=1S/C20H17Cl2N5OS/c1-4-17-25-27-18(23)14(19(28)24-20(27)29-17)8-12-7-10(2)26(11(12)3)13-5-6-15(21)16(22)9-13/h5-9,23H,4H2,1-3H3. The first-order valence-corrected chi connectivity index (χ1v) is 10.5. The summed E-state index contributed by atoms with van der Waals surface area (Å²) in [5, 5.41) is 16.5. The molecule has 9 heteroatoms. The lowest BCUT2D eigenvalue weighted by Gasteiger charge is -2.20. The van der Waals surface area contributed by atoms with E-state index in [-0.39, 0.29) is 11.4 Å². The monoisotopic (exact) mass is 445 g/mol. The van der Waals surface area contributed by atoms with Crippen LogP contribution in [-0.4, -0.2) is 31.5 Å². The summed E-state index contributed by atoms with van der Waals surface area (Å²) in [7, 11) is 0. The van der Waals surface area contributed by atoms with Gasteiger partial charge in [0.2, 0.25) is 5.17 Å². The number of rotatable bonds is 3. The number of fused-ring (bicyclic) bond motifs is 1. The number of thioether (sulfide) groups is 1. The van der Waals surface area contributed by atoms with Gasteiger partial charge in [0.05, 0.1) is 15.6 Å². The van der Waals surface area contributed by atoms with Gasteiger partial charge in [-0.2, -0.15) is 15.1 Å². The molecule has 2 aliphatic rings. The number of benzene rings is 1. The molecular formula is C20H17Cl2N5OS. The number of amidine groups is 2. The minimum atomic E-state index is -0.430. The Kier molecular flexibility index (Phi) is 5.14. The zero-order valence-electron chi connectivity index (χ0n) is 16.0. The number of carbonyl (C=O) groups excluding carboxylic acids is 1. The SMILES string of the molecule is CCC1=NN2C(=N)C(=Cc3cc(C)n(-c4ccc(Cl)c(Cl)c4)c3C)C(=O)N=C2S1. The van der Waals surface area contributed by atoms with Crippen molar-refractivity contribution in [3.8, 4) is 5.69 Å². The Morgan fingerprint density at radius 1 is 1.21 bits per heavy atom. The quantitative estimate of drug-likeness (QED) is 0.639. The van der Waals surface area contributed by atoms with Crippen LogP contribution < -0.4 is 0 Å². The molecule has 148 valence electrons. The molecule has 1 aromatic carbocycles. The van der Waals surface area contributed by atoms with Crippen molar-refractivity contribution in [2.24, 2.45) is 10.1 Å². The Labute approximate surface area is 182 Å². The van der Waals surface area contributed by atoms with E-state index in [1.807, 2.05) is 37.5 Å². The summed E-state index contributed by atoms with van der Waals surface area (Å²) in [6.07, 6.45) is 2.43. The summed E-state index contributed by atoms with van der Waals surface area (Å²) >= 11 is 13.5. The average molecular weight is 446 g/mol. The fourth-order valence-electron chi connectivity index (χ4n) is 3.29. The van der Waals surface area contributed by atoms with E-state index in [0.717, 1.165) is 34.1 Å². The van der Waals surface area contributed by atoms with Crippen LogP contribution >= 0.6 is 35.0 Å². The predicted octanol–water partition coefficient (Wildman–Crippen LogP) is 5.43. The Bertz CT molecular complexity index is 1160. The van der Waals surface area contributed by atoms with Crippen LogP contribution in [0, 0.1) is 19.3 Å². The highest BCUT2D eigenvalue weighted by atomic mass is 35.5. The van der Waals surface area contributed by atoms with E-state index in [1.54, 1.807) is 18.2 Å². The second-order valence-corrected chi connectivity index (χ2v) is 8.48. The van der Waals surface area contributed by atoms with Crippen molar-refractivity contribution in [2.45, 2.75) is 27.2 Å². The molecule has 0 radical (unpaired) electrons. The Morgan fingerprint density at radius 2 is 1.97 bits per heavy atom. The van der Waals surface area contributed by atoms with Gasteiger partial charge in [-0.05, 0) is 67.9 Å². The molecule has 1 amide bonds. The molecule has 2 aromatic rings. The van der Waals surface area contributed by atoms with Gasteiger partial charge in [-0.3, -0.25) is 10.2 Å². The second-order valence-electron chi connectivity index (χ2n) is 6.63. The summed E-state index contributed by atoms with van der Waals surface area (Å²) in [6.45, 7) is 5.90. The zero-order valence-corrected chi connectivity index (χ0v) is 18.3. The first kappa shape index (κ1) is 19.9. The van der Waals surface area contributed by atoms with Crippen molar-refractivity contribution < 1.29 is 4.79 Å². The van der Waals surface area contributed by atoms with Crippen molar-refractivity contribution in [1.29, 1.82) is 5.41 Å². The van der Waals surface area contributed by atoms with Gasteiger partial charge in [0.1, 0.15) is 5.04 Å². The van der Waals surface area contributed by atoms with Crippen LogP contribution in [0.2, 0.25) is 10.0 Å². The number of carbonyl (C=O) groups is 1. The number of aliphatic imine (C=N–C) groups is 1. The van der Waals surface area contributed by atoms with Gasteiger partial charge in [-0.25, -0.2) is 0 Å². The summed E-state index contributed by atoms with van der Waals surface area (Å²) in [6, 6.07) is 7.40. The van der Waals surface area contributed by atoms with Crippen molar-refractivity contribution in [3.63, 3.8) is 0 Å². The fraction of sp³-hybridized carbons (Fsp3) is 0.200. The molecule has 4 rings (SSSR count). The molecule has 1 N–H and O–H groups in total. The first-order valence-electron chi connectivity index (χ1n) is 8.93. The van der Waals surface area contributed by atoms with E-state index in [4.69, 9.17) is 28.6 Å². The first-order chi connectivity index (χ1) is 13.8. The number of halogens is 2. The minimum absolute atomic E-state index is 0.0373. The molecule has 0 fully saturated rings. The predicted molar refractivity (Wildman–Crippen MR) is 121 cm³/mol. The van der Waals surface area contributed by atoms with Gasteiger partial charge in [0.25, 0.3) is 5.91 Å². The highest BCUT2D eigenvalue weighted by Gasteiger charge is 2.35. The van der Waals surface area contributed by atoms with E-state index in [9.17, 15) is 4.79 Å². The summed E-state index contributed by atoms with van der Waals surface area (Å²) in [5.74, 6) is -0.393. The van der Waals surface area contributed by atoms with Crippen molar-refractivity contribution in [2.75, 3.05) is 0 Å². The molecule has 6 nitrogen and oxygen atoms in total.